The molecule has 0 aliphatic rings. The molecule has 3 N–H and O–H groups in total. The zero-order valence-corrected chi connectivity index (χ0v) is 20.4. The number of para-hydroxylation sites is 1. The lowest BCUT2D eigenvalue weighted by molar-refractivity contribution is 0.107. The van der Waals surface area contributed by atoms with Crippen molar-refractivity contribution < 1.29 is 14.3 Å². The Labute approximate surface area is 205 Å². The predicted molar refractivity (Wildman–Crippen MR) is 134 cm³/mol. The van der Waals surface area contributed by atoms with E-state index in [1.165, 1.54) is 0 Å². The number of carbonyl (C=O) groups is 2. The highest BCUT2D eigenvalue weighted by Crippen LogP contribution is 2.21. The van der Waals surface area contributed by atoms with Crippen molar-refractivity contribution in [2.75, 3.05) is 0 Å². The van der Waals surface area contributed by atoms with Crippen LogP contribution < -0.4 is 16.0 Å². The molecule has 0 aliphatic carbocycles. The van der Waals surface area contributed by atoms with E-state index in [1.54, 1.807) is 48.5 Å². The van der Waals surface area contributed by atoms with Gasteiger partial charge in [0, 0.05) is 16.7 Å². The van der Waals surface area contributed by atoms with Crippen molar-refractivity contribution in [2.45, 2.75) is 26.3 Å². The number of carbonyl (C=O) groups excluding carboxylic acids is 2. The number of halogens is 3. The molecule has 0 spiro atoms. The molecular formula is C24H27Cl3N2O3. The van der Waals surface area contributed by atoms with E-state index in [-0.39, 0.29) is 17.9 Å². The molecule has 0 fully saturated rings. The van der Waals surface area contributed by atoms with Crippen LogP contribution in [-0.4, -0.2) is 16.0 Å². The molecule has 0 unspecified atom stereocenters. The second-order valence-corrected chi connectivity index (χ2v) is 7.93. The van der Waals surface area contributed by atoms with Gasteiger partial charge < -0.3 is 4.74 Å². The summed E-state index contributed by atoms with van der Waals surface area (Å²) >= 11 is 10.5. The van der Waals surface area contributed by atoms with Crippen LogP contribution >= 0.6 is 35.6 Å². The van der Waals surface area contributed by atoms with Crippen molar-refractivity contribution in [1.29, 1.82) is 0 Å². The average Bonchev–Trinajstić information content (AvgIpc) is 2.76. The lowest BCUT2D eigenvalue weighted by atomic mass is 10.1. The Hall–Kier alpha value is -2.41. The van der Waals surface area contributed by atoms with Gasteiger partial charge in [-0.2, -0.15) is 0 Å². The van der Waals surface area contributed by atoms with Gasteiger partial charge in [0.15, 0.2) is 0 Å². The summed E-state index contributed by atoms with van der Waals surface area (Å²) in [5.41, 5.74) is 3.67. The lowest BCUT2D eigenvalue weighted by Gasteiger charge is -2.14. The van der Waals surface area contributed by atoms with Gasteiger partial charge in [-0.1, -0.05) is 48.5 Å². The van der Waals surface area contributed by atoms with Gasteiger partial charge in [-0.15, -0.1) is 12.4 Å². The van der Waals surface area contributed by atoms with Crippen molar-refractivity contribution in [3.8, 4) is 11.5 Å². The molecule has 5 nitrogen and oxygen atoms in total. The highest BCUT2D eigenvalue weighted by molar-refractivity contribution is 6.68. The van der Waals surface area contributed by atoms with Crippen molar-refractivity contribution >= 4 is 46.1 Å². The van der Waals surface area contributed by atoms with Gasteiger partial charge >= 0.3 is 0 Å². The molecule has 0 radical (unpaired) electrons. The smallest absolute Gasteiger partial charge is 0.252 e. The third-order valence-electron chi connectivity index (χ3n) is 3.49. The monoisotopic (exact) mass is 496 g/mol. The Balaban J connectivity index is 0.000000510. The number of ether oxygens (including phenoxy) is 1. The fourth-order valence-electron chi connectivity index (χ4n) is 1.85. The molecule has 3 aromatic rings. The van der Waals surface area contributed by atoms with Crippen LogP contribution in [0.15, 0.2) is 84.9 Å². The quantitative estimate of drug-likeness (QED) is 0.241. The van der Waals surface area contributed by atoms with Gasteiger partial charge in [0.05, 0.1) is 0 Å². The van der Waals surface area contributed by atoms with Gasteiger partial charge in [0.25, 0.3) is 10.5 Å². The van der Waals surface area contributed by atoms with Crippen LogP contribution in [0.1, 0.15) is 41.5 Å². The Morgan fingerprint density at radius 1 is 0.719 bits per heavy atom. The first-order chi connectivity index (χ1) is 14.6. The van der Waals surface area contributed by atoms with E-state index in [2.05, 4.69) is 5.43 Å². The SMILES string of the molecule is CC(C)(C)NN.Cl.O=C(Cl)c1ccc(Oc2ccccc2)cc1.O=C(Cl)c1ccccc1. The van der Waals surface area contributed by atoms with Crippen molar-refractivity contribution in [3.05, 3.63) is 96.1 Å². The van der Waals surface area contributed by atoms with Gasteiger partial charge in [-0.3, -0.25) is 20.9 Å². The summed E-state index contributed by atoms with van der Waals surface area (Å²) in [6.07, 6.45) is 0. The Morgan fingerprint density at radius 3 is 1.41 bits per heavy atom. The average molecular weight is 498 g/mol. The zero-order chi connectivity index (χ0) is 23.3. The van der Waals surface area contributed by atoms with E-state index in [0.717, 1.165) is 5.75 Å². The van der Waals surface area contributed by atoms with Crippen LogP contribution in [0, 0.1) is 0 Å². The molecule has 0 saturated heterocycles. The maximum Gasteiger partial charge on any atom is 0.252 e. The van der Waals surface area contributed by atoms with Gasteiger partial charge in [0.2, 0.25) is 0 Å². The number of nitrogens with two attached hydrogens (primary N) is 1. The fourth-order valence-corrected chi connectivity index (χ4v) is 2.10. The third kappa shape index (κ3) is 13.1. The second kappa shape index (κ2) is 15.4. The maximum absolute atomic E-state index is 10.8. The van der Waals surface area contributed by atoms with Crippen molar-refractivity contribution in [1.82, 2.24) is 5.43 Å². The van der Waals surface area contributed by atoms with E-state index < -0.39 is 10.5 Å². The molecule has 3 rings (SSSR count). The Morgan fingerprint density at radius 2 is 1.06 bits per heavy atom. The van der Waals surface area contributed by atoms with E-state index >= 15 is 0 Å². The molecule has 0 saturated carbocycles. The molecule has 0 atom stereocenters. The summed E-state index contributed by atoms with van der Waals surface area (Å²) in [6, 6.07) is 24.9. The zero-order valence-electron chi connectivity index (χ0n) is 18.0. The molecular weight excluding hydrogens is 471 g/mol. The molecule has 0 bridgehead atoms. The minimum absolute atomic E-state index is 0. The lowest BCUT2D eigenvalue weighted by Crippen LogP contribution is -2.41. The van der Waals surface area contributed by atoms with Crippen LogP contribution in [0.3, 0.4) is 0 Å². The summed E-state index contributed by atoms with van der Waals surface area (Å²) in [6.45, 7) is 6.02. The largest absolute Gasteiger partial charge is 0.457 e. The number of benzene rings is 3. The molecule has 8 heteroatoms. The summed E-state index contributed by atoms with van der Waals surface area (Å²) in [5.74, 6) is 6.49. The molecule has 0 heterocycles. The second-order valence-electron chi connectivity index (χ2n) is 7.25. The fraction of sp³-hybridized carbons (Fsp3) is 0.167. The third-order valence-corrected chi connectivity index (χ3v) is 3.93. The van der Waals surface area contributed by atoms with Crippen LogP contribution in [0.5, 0.6) is 11.5 Å². The number of hydrogen-bond acceptors (Lipinski definition) is 5. The molecule has 0 aromatic heterocycles. The van der Waals surface area contributed by atoms with Crippen LogP contribution in [0.25, 0.3) is 0 Å². The topological polar surface area (TPSA) is 81.4 Å². The molecule has 172 valence electrons. The van der Waals surface area contributed by atoms with E-state index in [1.807, 2.05) is 57.2 Å². The molecule has 0 aliphatic heterocycles. The van der Waals surface area contributed by atoms with Crippen LogP contribution in [-0.2, 0) is 0 Å². The first kappa shape index (κ1) is 29.6. The van der Waals surface area contributed by atoms with E-state index in [4.69, 9.17) is 33.8 Å². The van der Waals surface area contributed by atoms with Crippen LogP contribution in [0.4, 0.5) is 0 Å². The Bertz CT molecular complexity index is 930. The van der Waals surface area contributed by atoms with E-state index in [9.17, 15) is 9.59 Å². The minimum atomic E-state index is -0.466. The predicted octanol–water partition coefficient (Wildman–Crippen LogP) is 6.59. The standard InChI is InChI=1S/C13H9ClO2.C7H5ClO.C4H12N2.ClH/c14-13(15)10-6-8-12(9-7-10)16-11-4-2-1-3-5-11;8-7(9)6-4-2-1-3-5-6;1-4(2,3)6-5;/h1-9H;1-5H;6H,5H2,1-3H3;1H. The molecule has 0 amide bonds. The van der Waals surface area contributed by atoms with Crippen LogP contribution in [0.2, 0.25) is 0 Å². The van der Waals surface area contributed by atoms with E-state index in [0.29, 0.717) is 16.9 Å². The number of hydrazine groups is 1. The molecule has 3 aromatic carbocycles. The first-order valence-electron chi connectivity index (χ1n) is 9.38. The summed E-state index contributed by atoms with van der Waals surface area (Å²) in [7, 11) is 0. The van der Waals surface area contributed by atoms with Crippen molar-refractivity contribution in [2.24, 2.45) is 5.84 Å². The van der Waals surface area contributed by atoms with Gasteiger partial charge in [-0.25, -0.2) is 0 Å². The van der Waals surface area contributed by atoms with Gasteiger partial charge in [0.1, 0.15) is 11.5 Å². The van der Waals surface area contributed by atoms with Crippen molar-refractivity contribution in [3.63, 3.8) is 0 Å². The van der Waals surface area contributed by atoms with Gasteiger partial charge in [-0.05, 0) is 80.4 Å². The highest BCUT2D eigenvalue weighted by Gasteiger charge is 2.03. The summed E-state index contributed by atoms with van der Waals surface area (Å²) in [4.78, 5) is 21.3. The normalized spacial score (nSPS) is 9.69. The first-order valence-corrected chi connectivity index (χ1v) is 10.1. The molecule has 32 heavy (non-hydrogen) atoms. The number of hydrogen-bond donors (Lipinski definition) is 2. The minimum Gasteiger partial charge on any atom is -0.457 e. The summed E-state index contributed by atoms with van der Waals surface area (Å²) < 4.78 is 5.56. The maximum atomic E-state index is 10.8. The Kier molecular flexibility index (Phi) is 14.2. The highest BCUT2D eigenvalue weighted by atomic mass is 35.5. The summed E-state index contributed by atoms with van der Waals surface area (Å²) in [5, 5.41) is -0.873. The number of nitrogens with one attached hydrogen (secondary N) is 1. The number of rotatable bonds is 4.